The summed E-state index contributed by atoms with van der Waals surface area (Å²) in [4.78, 5) is 18.1. The van der Waals surface area contributed by atoms with Gasteiger partial charge in [0.05, 0.1) is 5.56 Å². The molecule has 1 fully saturated rings. The topological polar surface area (TPSA) is 50.9 Å². The van der Waals surface area contributed by atoms with Crippen molar-refractivity contribution in [3.05, 3.63) is 59.8 Å². The first-order valence-corrected chi connectivity index (χ1v) is 9.90. The first kappa shape index (κ1) is 21.1. The van der Waals surface area contributed by atoms with Gasteiger partial charge in [0.2, 0.25) is 0 Å². The Hall–Kier alpha value is -2.61. The zero-order chi connectivity index (χ0) is 20.7. The molecule has 3 N–H and O–H groups in total. The Labute approximate surface area is 168 Å². The standard InChI is InChI=1S/C21H25F3N4O/c22-21(23,24)18-8-9-19(26-15-18)28-13-11-27(12-14-28)16-20(29)25-10-4-7-17-5-2-1-3-6-17/h1-3,5-6,8-9,15H,4,7,10-14,16H2,(H,25,29)/p+2. The second-order valence-electron chi connectivity index (χ2n) is 7.31. The van der Waals surface area contributed by atoms with Crippen LogP contribution in [0.3, 0.4) is 0 Å². The van der Waals surface area contributed by atoms with Gasteiger partial charge < -0.3 is 10.2 Å². The number of amides is 1. The number of piperazine rings is 1. The van der Waals surface area contributed by atoms with Gasteiger partial charge in [-0.1, -0.05) is 30.3 Å². The molecule has 1 saturated heterocycles. The highest BCUT2D eigenvalue weighted by molar-refractivity contribution is 5.76. The Bertz CT molecular complexity index is 773. The molecule has 2 heterocycles. The number of rotatable bonds is 7. The molecule has 0 atom stereocenters. The van der Waals surface area contributed by atoms with Crippen LogP contribution in [-0.4, -0.2) is 45.2 Å². The van der Waals surface area contributed by atoms with Gasteiger partial charge in [0, 0.05) is 12.6 Å². The number of pyridine rings is 1. The quantitative estimate of drug-likeness (QED) is 0.671. The lowest BCUT2D eigenvalue weighted by Crippen LogP contribution is -3.16. The molecular formula is C21H27F3N4O+2. The largest absolute Gasteiger partial charge is 0.419 e. The van der Waals surface area contributed by atoms with Crippen molar-refractivity contribution in [2.24, 2.45) is 0 Å². The number of hydrogen-bond acceptors (Lipinski definition) is 2. The zero-order valence-corrected chi connectivity index (χ0v) is 16.3. The van der Waals surface area contributed by atoms with E-state index in [4.69, 9.17) is 0 Å². The fourth-order valence-electron chi connectivity index (χ4n) is 3.48. The number of carbonyl (C=O) groups is 1. The minimum absolute atomic E-state index is 0.0441. The highest BCUT2D eigenvalue weighted by Crippen LogP contribution is 2.28. The van der Waals surface area contributed by atoms with Crippen LogP contribution in [-0.2, 0) is 17.4 Å². The maximum atomic E-state index is 12.7. The molecule has 0 bridgehead atoms. The fraction of sp³-hybridized carbons (Fsp3) is 0.429. The van der Waals surface area contributed by atoms with Gasteiger partial charge in [0.1, 0.15) is 32.4 Å². The van der Waals surface area contributed by atoms with Crippen LogP contribution >= 0.6 is 0 Å². The lowest BCUT2D eigenvalue weighted by atomic mass is 10.1. The second kappa shape index (κ2) is 9.73. The molecule has 0 unspecified atom stereocenters. The van der Waals surface area contributed by atoms with Crippen LogP contribution < -0.4 is 20.1 Å². The fourth-order valence-corrected chi connectivity index (χ4v) is 3.48. The van der Waals surface area contributed by atoms with E-state index in [0.29, 0.717) is 32.0 Å². The Morgan fingerprint density at radius 2 is 1.83 bits per heavy atom. The number of carbonyl (C=O) groups excluding carboxylic acids is 1. The molecule has 0 aliphatic carbocycles. The summed E-state index contributed by atoms with van der Waals surface area (Å²) in [5, 5.41) is 2.98. The van der Waals surface area contributed by atoms with Gasteiger partial charge in [-0.2, -0.15) is 13.2 Å². The summed E-state index contributed by atoms with van der Waals surface area (Å²) >= 11 is 0. The number of halogens is 3. The van der Waals surface area contributed by atoms with Crippen molar-refractivity contribution in [2.45, 2.75) is 19.0 Å². The number of quaternary nitrogens is 1. The molecular weight excluding hydrogens is 381 g/mol. The predicted molar refractivity (Wildman–Crippen MR) is 104 cm³/mol. The maximum Gasteiger partial charge on any atom is 0.419 e. The Kier molecular flexibility index (Phi) is 7.09. The van der Waals surface area contributed by atoms with Crippen molar-refractivity contribution in [1.29, 1.82) is 0 Å². The summed E-state index contributed by atoms with van der Waals surface area (Å²) in [6.45, 7) is 4.01. The zero-order valence-electron chi connectivity index (χ0n) is 16.3. The highest BCUT2D eigenvalue weighted by Gasteiger charge is 2.33. The number of nitrogens with one attached hydrogen (secondary N) is 3. The molecule has 5 nitrogen and oxygen atoms in total. The Morgan fingerprint density at radius 1 is 1.10 bits per heavy atom. The molecule has 2 aromatic rings. The molecule has 0 radical (unpaired) electrons. The van der Waals surface area contributed by atoms with Crippen molar-refractivity contribution in [3.63, 3.8) is 0 Å². The van der Waals surface area contributed by atoms with Gasteiger partial charge in [0.15, 0.2) is 6.54 Å². The summed E-state index contributed by atoms with van der Waals surface area (Å²) < 4.78 is 38.0. The summed E-state index contributed by atoms with van der Waals surface area (Å²) in [6, 6.07) is 12.7. The van der Waals surface area contributed by atoms with E-state index < -0.39 is 11.7 Å². The third kappa shape index (κ3) is 6.45. The molecule has 1 aliphatic rings. The van der Waals surface area contributed by atoms with Crippen LogP contribution in [0.2, 0.25) is 0 Å². The van der Waals surface area contributed by atoms with Gasteiger partial charge >= 0.3 is 6.18 Å². The van der Waals surface area contributed by atoms with Crippen molar-refractivity contribution in [1.82, 2.24) is 5.32 Å². The molecule has 29 heavy (non-hydrogen) atoms. The molecule has 3 rings (SSSR count). The minimum atomic E-state index is -4.34. The Morgan fingerprint density at radius 3 is 2.45 bits per heavy atom. The summed E-state index contributed by atoms with van der Waals surface area (Å²) in [7, 11) is 0. The van der Waals surface area contributed by atoms with Crippen molar-refractivity contribution >= 4 is 11.7 Å². The van der Waals surface area contributed by atoms with E-state index in [9.17, 15) is 18.0 Å². The van der Waals surface area contributed by atoms with Crippen molar-refractivity contribution in [3.8, 4) is 0 Å². The van der Waals surface area contributed by atoms with Gasteiger partial charge in [-0.15, -0.1) is 0 Å². The van der Waals surface area contributed by atoms with Crippen LogP contribution in [0.15, 0.2) is 48.7 Å². The van der Waals surface area contributed by atoms with E-state index in [2.05, 4.69) is 22.4 Å². The highest BCUT2D eigenvalue weighted by atomic mass is 19.4. The van der Waals surface area contributed by atoms with Gasteiger partial charge in [-0.25, -0.2) is 4.98 Å². The minimum Gasteiger partial charge on any atom is -0.351 e. The Balaban J connectivity index is 1.35. The van der Waals surface area contributed by atoms with Gasteiger partial charge in [0.25, 0.3) is 11.7 Å². The van der Waals surface area contributed by atoms with Crippen LogP contribution in [0.5, 0.6) is 0 Å². The van der Waals surface area contributed by atoms with Crippen LogP contribution in [0.4, 0.5) is 19.0 Å². The van der Waals surface area contributed by atoms with E-state index in [1.165, 1.54) is 16.5 Å². The predicted octanol–water partition coefficient (Wildman–Crippen LogP) is 0.973. The number of aromatic nitrogens is 1. The van der Waals surface area contributed by atoms with E-state index in [-0.39, 0.29) is 5.91 Å². The van der Waals surface area contributed by atoms with Crippen LogP contribution in [0.1, 0.15) is 17.5 Å². The monoisotopic (exact) mass is 408 g/mol. The van der Waals surface area contributed by atoms with Crippen molar-refractivity contribution in [2.75, 3.05) is 44.2 Å². The number of aryl methyl sites for hydroxylation is 1. The molecule has 0 saturated carbocycles. The van der Waals surface area contributed by atoms with E-state index >= 15 is 0 Å². The third-order valence-corrected chi connectivity index (χ3v) is 5.15. The van der Waals surface area contributed by atoms with E-state index in [1.54, 1.807) is 0 Å². The lowest BCUT2D eigenvalue weighted by molar-refractivity contribution is -0.892. The van der Waals surface area contributed by atoms with E-state index in [1.807, 2.05) is 23.1 Å². The molecule has 1 aromatic carbocycles. The number of anilines is 1. The summed E-state index contributed by atoms with van der Waals surface area (Å²) in [6.07, 6.45) is -1.50. The number of alkyl halides is 3. The normalized spacial score (nSPS) is 15.3. The number of hydrogen-bond donors (Lipinski definition) is 2. The van der Waals surface area contributed by atoms with Gasteiger partial charge in [-0.05, 0) is 24.5 Å². The smallest absolute Gasteiger partial charge is 0.351 e. The molecule has 1 amide bonds. The summed E-state index contributed by atoms with van der Waals surface area (Å²) in [5.74, 6) is 0.713. The van der Waals surface area contributed by atoms with Crippen LogP contribution in [0, 0.1) is 0 Å². The maximum absolute atomic E-state index is 12.7. The SMILES string of the molecule is O=C(C[NH+]1CCN(c2ccc(C(F)(F)F)c[nH+]2)CC1)NCCCc1ccccc1. The third-order valence-electron chi connectivity index (χ3n) is 5.15. The molecule has 8 heteroatoms. The van der Waals surface area contributed by atoms with Crippen molar-refractivity contribution < 1.29 is 27.8 Å². The molecule has 1 aromatic heterocycles. The number of H-pyrrole nitrogens is 1. The number of nitrogens with zero attached hydrogens (tertiary/aromatic N) is 1. The van der Waals surface area contributed by atoms with E-state index in [0.717, 1.165) is 38.2 Å². The molecule has 1 aliphatic heterocycles. The van der Waals surface area contributed by atoms with Crippen LogP contribution in [0.25, 0.3) is 0 Å². The first-order valence-electron chi connectivity index (χ1n) is 9.90. The average molecular weight is 408 g/mol. The molecule has 0 spiro atoms. The average Bonchev–Trinajstić information content (AvgIpc) is 2.72. The summed E-state index contributed by atoms with van der Waals surface area (Å²) in [5.41, 5.74) is 0.581. The molecule has 156 valence electrons. The first-order chi connectivity index (χ1) is 13.9. The van der Waals surface area contributed by atoms with Gasteiger partial charge in [-0.3, -0.25) is 9.69 Å². The lowest BCUT2D eigenvalue weighted by Gasteiger charge is -2.28. The number of benzene rings is 1. The second-order valence-corrected chi connectivity index (χ2v) is 7.31. The number of aromatic amines is 1.